The van der Waals surface area contributed by atoms with E-state index in [-0.39, 0.29) is 5.56 Å². The first kappa shape index (κ1) is 12.9. The third-order valence-corrected chi connectivity index (χ3v) is 2.48. The molecule has 0 atom stereocenters. The lowest BCUT2D eigenvalue weighted by Gasteiger charge is -2.06. The Hall–Kier alpha value is -2.50. The molecule has 0 unspecified atom stereocenters. The second-order valence-electron chi connectivity index (χ2n) is 3.94. The van der Waals surface area contributed by atoms with Crippen LogP contribution in [0, 0.1) is 11.6 Å². The SMILES string of the molecule is O=C(O)Cn1cc(-c2cc(F)cc(F)c2)ccc1=O. The third-order valence-electron chi connectivity index (χ3n) is 2.48. The van der Waals surface area contributed by atoms with Crippen molar-refractivity contribution in [1.82, 2.24) is 4.57 Å². The fourth-order valence-corrected chi connectivity index (χ4v) is 1.69. The van der Waals surface area contributed by atoms with Crippen LogP contribution in [0.1, 0.15) is 0 Å². The summed E-state index contributed by atoms with van der Waals surface area (Å²) in [4.78, 5) is 22.0. The first-order valence-corrected chi connectivity index (χ1v) is 5.34. The Morgan fingerprint density at radius 1 is 1.11 bits per heavy atom. The fraction of sp³-hybridized carbons (Fsp3) is 0.0769. The second kappa shape index (κ2) is 5.01. The van der Waals surface area contributed by atoms with Crippen molar-refractivity contribution in [1.29, 1.82) is 0 Å². The summed E-state index contributed by atoms with van der Waals surface area (Å²) in [5.74, 6) is -2.67. The maximum absolute atomic E-state index is 13.1. The van der Waals surface area contributed by atoms with E-state index in [9.17, 15) is 18.4 Å². The van der Waals surface area contributed by atoms with Gasteiger partial charge in [0.1, 0.15) is 18.2 Å². The Morgan fingerprint density at radius 2 is 1.74 bits per heavy atom. The average Bonchev–Trinajstić information content (AvgIpc) is 2.30. The van der Waals surface area contributed by atoms with E-state index in [0.717, 1.165) is 28.8 Å². The minimum atomic E-state index is -1.18. The van der Waals surface area contributed by atoms with Crippen molar-refractivity contribution in [2.45, 2.75) is 6.54 Å². The summed E-state index contributed by atoms with van der Waals surface area (Å²) in [6, 6.07) is 5.48. The van der Waals surface area contributed by atoms with E-state index in [1.807, 2.05) is 0 Å². The third kappa shape index (κ3) is 3.04. The van der Waals surface area contributed by atoms with Crippen LogP contribution in [0.5, 0.6) is 0 Å². The average molecular weight is 265 g/mol. The van der Waals surface area contributed by atoms with E-state index in [0.29, 0.717) is 5.56 Å². The predicted octanol–water partition coefficient (Wildman–Crippen LogP) is 1.88. The van der Waals surface area contributed by atoms with E-state index in [1.54, 1.807) is 0 Å². The quantitative estimate of drug-likeness (QED) is 0.921. The molecule has 1 N–H and O–H groups in total. The van der Waals surface area contributed by atoms with Gasteiger partial charge in [-0.3, -0.25) is 9.59 Å². The smallest absolute Gasteiger partial charge is 0.323 e. The number of nitrogens with zero attached hydrogens (tertiary/aromatic N) is 1. The summed E-state index contributed by atoms with van der Waals surface area (Å²) in [6.07, 6.45) is 1.25. The van der Waals surface area contributed by atoms with Gasteiger partial charge in [0.05, 0.1) is 0 Å². The number of hydrogen-bond donors (Lipinski definition) is 1. The fourth-order valence-electron chi connectivity index (χ4n) is 1.69. The summed E-state index contributed by atoms with van der Waals surface area (Å²) in [7, 11) is 0. The van der Waals surface area contributed by atoms with Crippen LogP contribution in [0.3, 0.4) is 0 Å². The second-order valence-corrected chi connectivity index (χ2v) is 3.94. The van der Waals surface area contributed by atoms with E-state index >= 15 is 0 Å². The number of carboxylic acids is 1. The van der Waals surface area contributed by atoms with Gasteiger partial charge in [0, 0.05) is 18.3 Å². The highest BCUT2D eigenvalue weighted by Gasteiger charge is 2.07. The zero-order valence-electron chi connectivity index (χ0n) is 9.64. The maximum Gasteiger partial charge on any atom is 0.323 e. The van der Waals surface area contributed by atoms with Crippen molar-refractivity contribution in [2.75, 3.05) is 0 Å². The van der Waals surface area contributed by atoms with Crippen LogP contribution < -0.4 is 5.56 Å². The van der Waals surface area contributed by atoms with Crippen LogP contribution in [0.2, 0.25) is 0 Å². The van der Waals surface area contributed by atoms with Crippen molar-refractivity contribution in [2.24, 2.45) is 0 Å². The molecule has 0 fully saturated rings. The van der Waals surface area contributed by atoms with Gasteiger partial charge >= 0.3 is 5.97 Å². The van der Waals surface area contributed by atoms with Gasteiger partial charge in [0.25, 0.3) is 5.56 Å². The highest BCUT2D eigenvalue weighted by molar-refractivity contribution is 5.67. The molecule has 2 rings (SSSR count). The topological polar surface area (TPSA) is 59.3 Å². The lowest BCUT2D eigenvalue weighted by molar-refractivity contribution is -0.137. The van der Waals surface area contributed by atoms with Gasteiger partial charge in [-0.15, -0.1) is 0 Å². The molecule has 98 valence electrons. The summed E-state index contributed by atoms with van der Waals surface area (Å²) in [5.41, 5.74) is 0.0962. The number of hydrogen-bond acceptors (Lipinski definition) is 2. The Balaban J connectivity index is 2.50. The van der Waals surface area contributed by atoms with Crippen LogP contribution >= 0.6 is 0 Å². The van der Waals surface area contributed by atoms with Gasteiger partial charge in [-0.25, -0.2) is 8.78 Å². The molecule has 0 aliphatic heterocycles. The minimum Gasteiger partial charge on any atom is -0.480 e. The van der Waals surface area contributed by atoms with Crippen LogP contribution in [0.15, 0.2) is 41.3 Å². The molecule has 1 aromatic heterocycles. The summed E-state index contributed by atoms with van der Waals surface area (Å²) in [5, 5.41) is 8.66. The van der Waals surface area contributed by atoms with Gasteiger partial charge in [-0.05, 0) is 29.3 Å². The van der Waals surface area contributed by atoms with Gasteiger partial charge < -0.3 is 9.67 Å². The zero-order chi connectivity index (χ0) is 14.0. The lowest BCUT2D eigenvalue weighted by atomic mass is 10.1. The first-order valence-electron chi connectivity index (χ1n) is 5.34. The minimum absolute atomic E-state index is 0.233. The van der Waals surface area contributed by atoms with Crippen LogP contribution in [0.4, 0.5) is 8.78 Å². The molecule has 1 heterocycles. The molecule has 4 nitrogen and oxygen atoms in total. The Bertz CT molecular complexity index is 674. The molecule has 0 saturated carbocycles. The molecule has 2 aromatic rings. The summed E-state index contributed by atoms with van der Waals surface area (Å²) < 4.78 is 27.2. The standard InChI is InChI=1S/C13H9F2NO3/c14-10-3-9(4-11(15)5-10)8-1-2-12(17)16(6-8)7-13(18)19/h1-6H,7H2,(H,18,19). The van der Waals surface area contributed by atoms with E-state index in [1.165, 1.54) is 12.3 Å². The molecule has 6 heteroatoms. The van der Waals surface area contributed by atoms with Gasteiger partial charge in [0.2, 0.25) is 0 Å². The Kier molecular flexibility index (Phi) is 3.41. The molecule has 0 amide bonds. The first-order chi connectivity index (χ1) is 8.95. The van der Waals surface area contributed by atoms with Crippen molar-refractivity contribution in [3.63, 3.8) is 0 Å². The molecule has 0 aliphatic rings. The lowest BCUT2D eigenvalue weighted by Crippen LogP contribution is -2.22. The molecule has 0 aliphatic carbocycles. The molecule has 0 bridgehead atoms. The molecule has 0 saturated heterocycles. The highest BCUT2D eigenvalue weighted by Crippen LogP contribution is 2.20. The van der Waals surface area contributed by atoms with E-state index in [4.69, 9.17) is 5.11 Å². The number of aromatic nitrogens is 1. The number of aliphatic carboxylic acids is 1. The number of carboxylic acid groups (broad SMARTS) is 1. The number of halogens is 2. The van der Waals surface area contributed by atoms with Crippen molar-refractivity contribution < 1.29 is 18.7 Å². The van der Waals surface area contributed by atoms with Crippen LogP contribution in [-0.4, -0.2) is 15.6 Å². The highest BCUT2D eigenvalue weighted by atomic mass is 19.1. The number of pyridine rings is 1. The maximum atomic E-state index is 13.1. The molecule has 19 heavy (non-hydrogen) atoms. The zero-order valence-corrected chi connectivity index (χ0v) is 9.64. The predicted molar refractivity (Wildman–Crippen MR) is 63.7 cm³/mol. The number of benzene rings is 1. The molecular formula is C13H9F2NO3. The van der Waals surface area contributed by atoms with Gasteiger partial charge in [-0.1, -0.05) is 0 Å². The van der Waals surface area contributed by atoms with Gasteiger partial charge in [-0.2, -0.15) is 0 Å². The normalized spacial score (nSPS) is 10.4. The van der Waals surface area contributed by atoms with Crippen molar-refractivity contribution in [3.05, 3.63) is 58.5 Å². The Labute approximate surface area is 106 Å². The van der Waals surface area contributed by atoms with Crippen molar-refractivity contribution in [3.8, 4) is 11.1 Å². The number of carbonyl (C=O) groups is 1. The van der Waals surface area contributed by atoms with Crippen molar-refractivity contribution >= 4 is 5.97 Å². The molecular weight excluding hydrogens is 256 g/mol. The Morgan fingerprint density at radius 3 is 2.32 bits per heavy atom. The largest absolute Gasteiger partial charge is 0.480 e. The van der Waals surface area contributed by atoms with E-state index < -0.39 is 29.7 Å². The van der Waals surface area contributed by atoms with Crippen LogP contribution in [-0.2, 0) is 11.3 Å². The summed E-state index contributed by atoms with van der Waals surface area (Å²) in [6.45, 7) is -0.509. The molecule has 0 spiro atoms. The van der Waals surface area contributed by atoms with Crippen LogP contribution in [0.25, 0.3) is 11.1 Å². The monoisotopic (exact) mass is 265 g/mol. The summed E-state index contributed by atoms with van der Waals surface area (Å²) >= 11 is 0. The number of rotatable bonds is 3. The van der Waals surface area contributed by atoms with E-state index in [2.05, 4.69) is 0 Å². The molecule has 1 aromatic carbocycles. The molecule has 0 radical (unpaired) electrons. The van der Waals surface area contributed by atoms with Gasteiger partial charge in [0.15, 0.2) is 0 Å².